The summed E-state index contributed by atoms with van der Waals surface area (Å²) in [5.41, 5.74) is 3.32. The van der Waals surface area contributed by atoms with Crippen LogP contribution in [0.15, 0.2) is 72.8 Å². The molecule has 41 heavy (non-hydrogen) atoms. The van der Waals surface area contributed by atoms with Gasteiger partial charge in [-0.3, -0.25) is 19.3 Å². The number of carbonyl (C=O) groups excluding carboxylic acids is 3. The maximum atomic E-state index is 13.6. The number of methoxy groups -OCH3 is 1. The summed E-state index contributed by atoms with van der Waals surface area (Å²) >= 11 is 0. The number of hydrogen-bond donors (Lipinski definition) is 0. The van der Waals surface area contributed by atoms with E-state index in [2.05, 4.69) is 24.3 Å². The molecule has 216 valence electrons. The van der Waals surface area contributed by atoms with Gasteiger partial charge in [-0.05, 0) is 82.3 Å². The average molecular weight is 558 g/mol. The van der Waals surface area contributed by atoms with E-state index in [1.54, 1.807) is 31.4 Å². The zero-order chi connectivity index (χ0) is 29.6. The van der Waals surface area contributed by atoms with Crippen LogP contribution in [-0.4, -0.2) is 48.0 Å². The second-order valence-electron chi connectivity index (χ2n) is 11.5. The zero-order valence-electron chi connectivity index (χ0n) is 24.5. The van der Waals surface area contributed by atoms with Crippen LogP contribution >= 0.6 is 0 Å². The Bertz CT molecular complexity index is 1320. The molecule has 7 heteroatoms. The Morgan fingerprint density at radius 1 is 0.829 bits per heavy atom. The molecule has 0 spiro atoms. The number of aryl methyl sites for hydroxylation is 2. The fourth-order valence-electron chi connectivity index (χ4n) is 4.93. The summed E-state index contributed by atoms with van der Waals surface area (Å²) < 4.78 is 17.5. The van der Waals surface area contributed by atoms with Crippen LogP contribution in [0.3, 0.4) is 0 Å². The number of rotatable bonds is 12. The number of fused-ring (bicyclic) bond motifs is 1. The van der Waals surface area contributed by atoms with Gasteiger partial charge in [0.05, 0.1) is 36.9 Å². The smallest absolute Gasteiger partial charge is 0.312 e. The molecule has 0 radical (unpaired) electrons. The normalized spacial score (nSPS) is 14.5. The van der Waals surface area contributed by atoms with Gasteiger partial charge in [0.15, 0.2) is 0 Å². The molecule has 3 aromatic rings. The Labute approximate surface area is 242 Å². The number of ether oxygens (including phenoxy) is 3. The average Bonchev–Trinajstić information content (AvgIpc) is 3.19. The van der Waals surface area contributed by atoms with Crippen LogP contribution in [0, 0.1) is 12.8 Å². The van der Waals surface area contributed by atoms with Gasteiger partial charge in [-0.1, -0.05) is 54.1 Å². The van der Waals surface area contributed by atoms with Crippen molar-refractivity contribution in [3.63, 3.8) is 0 Å². The van der Waals surface area contributed by atoms with Crippen molar-refractivity contribution in [1.82, 2.24) is 4.90 Å². The van der Waals surface area contributed by atoms with Gasteiger partial charge in [0, 0.05) is 6.54 Å². The third kappa shape index (κ3) is 7.82. The minimum atomic E-state index is -0.706. The first-order chi connectivity index (χ1) is 19.6. The highest BCUT2D eigenvalue weighted by Gasteiger charge is 2.38. The van der Waals surface area contributed by atoms with Gasteiger partial charge in [0.25, 0.3) is 11.8 Å². The second kappa shape index (κ2) is 13.1. The van der Waals surface area contributed by atoms with Crippen molar-refractivity contribution >= 4 is 17.8 Å². The predicted octanol–water partition coefficient (Wildman–Crippen LogP) is 6.17. The Hall–Kier alpha value is -3.97. The van der Waals surface area contributed by atoms with Crippen molar-refractivity contribution in [3.8, 4) is 5.75 Å². The van der Waals surface area contributed by atoms with Crippen molar-refractivity contribution in [1.29, 1.82) is 0 Å². The third-order valence-corrected chi connectivity index (χ3v) is 7.16. The topological polar surface area (TPSA) is 82.1 Å². The number of benzene rings is 3. The summed E-state index contributed by atoms with van der Waals surface area (Å²) in [7, 11) is 1.62. The fourth-order valence-corrected chi connectivity index (χ4v) is 4.93. The molecular weight excluding hydrogens is 518 g/mol. The predicted molar refractivity (Wildman–Crippen MR) is 157 cm³/mol. The summed E-state index contributed by atoms with van der Waals surface area (Å²) in [6.45, 7) is 7.89. The lowest BCUT2D eigenvalue weighted by molar-refractivity contribution is -0.167. The summed E-state index contributed by atoms with van der Waals surface area (Å²) in [5.74, 6) is -1.04. The van der Waals surface area contributed by atoms with Crippen LogP contribution in [0.4, 0.5) is 0 Å². The molecule has 0 aliphatic carbocycles. The first kappa shape index (κ1) is 30.0. The molecule has 0 fully saturated rings. The van der Waals surface area contributed by atoms with E-state index in [1.807, 2.05) is 52.0 Å². The molecule has 1 heterocycles. The minimum Gasteiger partial charge on any atom is -0.497 e. The van der Waals surface area contributed by atoms with E-state index in [-0.39, 0.29) is 31.4 Å². The molecule has 0 bridgehead atoms. The Balaban J connectivity index is 1.57. The molecule has 4 rings (SSSR count). The third-order valence-electron chi connectivity index (χ3n) is 7.16. The summed E-state index contributed by atoms with van der Waals surface area (Å²) in [4.78, 5) is 40.9. The van der Waals surface area contributed by atoms with Crippen molar-refractivity contribution in [3.05, 3.63) is 101 Å². The van der Waals surface area contributed by atoms with Crippen LogP contribution in [0.25, 0.3) is 0 Å². The van der Waals surface area contributed by atoms with E-state index in [1.165, 1.54) is 10.5 Å². The molecule has 1 aliphatic heterocycles. The quantitative estimate of drug-likeness (QED) is 0.196. The molecule has 0 aromatic heterocycles. The molecule has 0 N–H and O–H groups in total. The van der Waals surface area contributed by atoms with Gasteiger partial charge in [-0.15, -0.1) is 0 Å². The molecule has 0 saturated heterocycles. The Kier molecular flexibility index (Phi) is 9.61. The maximum absolute atomic E-state index is 13.6. The monoisotopic (exact) mass is 557 g/mol. The van der Waals surface area contributed by atoms with Crippen LogP contribution < -0.4 is 4.74 Å². The van der Waals surface area contributed by atoms with Crippen molar-refractivity contribution < 1.29 is 28.6 Å². The number of nitrogens with zero attached hydrogens (tertiary/aromatic N) is 1. The number of imide groups is 1. The molecule has 2 unspecified atom stereocenters. The van der Waals surface area contributed by atoms with E-state index in [0.717, 1.165) is 16.9 Å². The van der Waals surface area contributed by atoms with E-state index < -0.39 is 23.6 Å². The number of esters is 1. The summed E-state index contributed by atoms with van der Waals surface area (Å²) in [6.07, 6.45) is 0.968. The van der Waals surface area contributed by atoms with Crippen molar-refractivity contribution in [2.24, 2.45) is 5.92 Å². The van der Waals surface area contributed by atoms with Gasteiger partial charge in [0.1, 0.15) is 11.4 Å². The Morgan fingerprint density at radius 2 is 1.41 bits per heavy atom. The highest BCUT2D eigenvalue weighted by Crippen LogP contribution is 2.28. The van der Waals surface area contributed by atoms with E-state index in [9.17, 15) is 14.4 Å². The SMILES string of the molecule is COc1ccc(COC(CCc2ccc(C)cc2)C(CCN2C(=O)c3ccccc3C2=O)C(=O)OC(C)(C)C)cc1. The lowest BCUT2D eigenvalue weighted by Gasteiger charge is -2.30. The number of amides is 2. The Morgan fingerprint density at radius 3 is 1.98 bits per heavy atom. The van der Waals surface area contributed by atoms with Crippen LogP contribution in [0.5, 0.6) is 5.75 Å². The van der Waals surface area contributed by atoms with E-state index in [4.69, 9.17) is 14.2 Å². The molecule has 1 aliphatic rings. The van der Waals surface area contributed by atoms with Crippen molar-refractivity contribution in [2.75, 3.05) is 13.7 Å². The molecule has 2 atom stereocenters. The lowest BCUT2D eigenvalue weighted by atomic mass is 9.92. The van der Waals surface area contributed by atoms with E-state index >= 15 is 0 Å². The molecule has 2 amide bonds. The zero-order valence-corrected chi connectivity index (χ0v) is 24.5. The minimum absolute atomic E-state index is 0.0865. The van der Waals surface area contributed by atoms with Crippen molar-refractivity contribution in [2.45, 2.75) is 65.3 Å². The summed E-state index contributed by atoms with van der Waals surface area (Å²) in [6, 6.07) is 22.7. The molecule has 0 saturated carbocycles. The first-order valence-corrected chi connectivity index (χ1v) is 14.0. The number of carbonyl (C=O) groups is 3. The molecule has 3 aromatic carbocycles. The highest BCUT2D eigenvalue weighted by atomic mass is 16.6. The standard InChI is InChI=1S/C34H39NO6/c1-23-10-12-24(13-11-23)16-19-30(40-22-25-14-17-26(39-5)18-15-25)29(33(38)41-34(2,3)4)20-21-35-31(36)27-8-6-7-9-28(27)32(35)37/h6-15,17-18,29-30H,16,19-22H2,1-5H3. The largest absolute Gasteiger partial charge is 0.497 e. The van der Waals surface area contributed by atoms with Gasteiger partial charge in [-0.25, -0.2) is 0 Å². The van der Waals surface area contributed by atoms with E-state index in [0.29, 0.717) is 24.0 Å². The van der Waals surface area contributed by atoms with Crippen LogP contribution in [-0.2, 0) is 27.3 Å². The first-order valence-electron chi connectivity index (χ1n) is 14.0. The van der Waals surface area contributed by atoms with Gasteiger partial charge in [-0.2, -0.15) is 0 Å². The second-order valence-corrected chi connectivity index (χ2v) is 11.5. The van der Waals surface area contributed by atoms with Gasteiger partial charge < -0.3 is 14.2 Å². The molecule has 7 nitrogen and oxygen atoms in total. The van der Waals surface area contributed by atoms with Crippen LogP contribution in [0.1, 0.15) is 71.0 Å². The van der Waals surface area contributed by atoms with Gasteiger partial charge >= 0.3 is 5.97 Å². The maximum Gasteiger partial charge on any atom is 0.312 e. The van der Waals surface area contributed by atoms with Crippen LogP contribution in [0.2, 0.25) is 0 Å². The molecular formula is C34H39NO6. The highest BCUT2D eigenvalue weighted by molar-refractivity contribution is 6.21. The van der Waals surface area contributed by atoms with Gasteiger partial charge in [0.2, 0.25) is 0 Å². The lowest BCUT2D eigenvalue weighted by Crippen LogP contribution is -2.40. The number of hydrogen-bond acceptors (Lipinski definition) is 6. The summed E-state index contributed by atoms with van der Waals surface area (Å²) in [5, 5.41) is 0. The fraction of sp³-hybridized carbons (Fsp3) is 0.382.